The highest BCUT2D eigenvalue weighted by Gasteiger charge is 2.15. The summed E-state index contributed by atoms with van der Waals surface area (Å²) in [6, 6.07) is 15.2. The molecule has 0 amide bonds. The van der Waals surface area contributed by atoms with Gasteiger partial charge in [-0.05, 0) is 49.9 Å². The fourth-order valence-electron chi connectivity index (χ4n) is 2.38. The van der Waals surface area contributed by atoms with Crippen LogP contribution in [0.5, 0.6) is 0 Å². The van der Waals surface area contributed by atoms with Gasteiger partial charge >= 0.3 is 0 Å². The van der Waals surface area contributed by atoms with Gasteiger partial charge in [0.25, 0.3) is 5.22 Å². The monoisotopic (exact) mass is 332 g/mol. The van der Waals surface area contributed by atoms with Crippen molar-refractivity contribution < 1.29 is 4.42 Å². The lowest BCUT2D eigenvalue weighted by Crippen LogP contribution is -1.87. The highest BCUT2D eigenvalue weighted by atomic mass is 32.2. The minimum atomic E-state index is 0.295. The summed E-state index contributed by atoms with van der Waals surface area (Å²) in [6.07, 6.45) is 0. The van der Waals surface area contributed by atoms with Crippen LogP contribution in [-0.2, 0) is 0 Å². The zero-order chi connectivity index (χ0) is 17.1. The molecule has 0 atom stereocenters. The van der Waals surface area contributed by atoms with Gasteiger partial charge in [-0.15, -0.1) is 10.2 Å². The summed E-state index contributed by atoms with van der Waals surface area (Å²) >= 11 is 1.13. The molecule has 0 radical (unpaired) electrons. The highest BCUT2D eigenvalue weighted by molar-refractivity contribution is 7.99. The topological polar surface area (TPSA) is 86.5 Å². The molecule has 0 fully saturated rings. The molecule has 1 heterocycles. The lowest BCUT2D eigenvalue weighted by atomic mass is 10.1. The maximum Gasteiger partial charge on any atom is 0.281 e. The molecule has 0 N–H and O–H groups in total. The lowest BCUT2D eigenvalue weighted by molar-refractivity contribution is 0.466. The van der Waals surface area contributed by atoms with Gasteiger partial charge < -0.3 is 4.42 Å². The van der Waals surface area contributed by atoms with Crippen LogP contribution in [0.4, 0.5) is 0 Å². The number of aromatic nitrogens is 2. The third-order valence-electron chi connectivity index (χ3n) is 3.32. The Balaban J connectivity index is 1.96. The van der Waals surface area contributed by atoms with E-state index in [-0.39, 0.29) is 0 Å². The molecule has 116 valence electrons. The van der Waals surface area contributed by atoms with E-state index in [1.54, 1.807) is 18.2 Å². The second-order valence-electron chi connectivity index (χ2n) is 5.26. The third kappa shape index (κ3) is 3.15. The fraction of sp³-hybridized carbons (Fsp3) is 0.111. The van der Waals surface area contributed by atoms with Crippen molar-refractivity contribution in [2.75, 3.05) is 0 Å². The predicted octanol–water partition coefficient (Wildman–Crippen LogP) is 4.25. The Labute approximate surface area is 143 Å². The van der Waals surface area contributed by atoms with Crippen LogP contribution in [0.3, 0.4) is 0 Å². The summed E-state index contributed by atoms with van der Waals surface area (Å²) in [5.41, 5.74) is 3.88. The number of nitriles is 2. The summed E-state index contributed by atoms with van der Waals surface area (Å²) in [7, 11) is 0. The van der Waals surface area contributed by atoms with Crippen molar-refractivity contribution in [3.8, 4) is 23.6 Å². The average molecular weight is 332 g/mol. The maximum absolute atomic E-state index is 9.22. The highest BCUT2D eigenvalue weighted by Crippen LogP contribution is 2.33. The van der Waals surface area contributed by atoms with Gasteiger partial charge in [-0.3, -0.25) is 0 Å². The van der Waals surface area contributed by atoms with E-state index in [9.17, 15) is 10.5 Å². The standard InChI is InChI=1S/C18H12N4OS/c1-11-6-12(2)8-15(7-11)17-21-22-18(23-17)24-16-13(9-19)4-3-5-14(16)10-20/h3-8H,1-2H3. The van der Waals surface area contributed by atoms with E-state index in [0.29, 0.717) is 27.1 Å². The van der Waals surface area contributed by atoms with Gasteiger partial charge in [-0.1, -0.05) is 23.3 Å². The van der Waals surface area contributed by atoms with Crippen LogP contribution >= 0.6 is 11.8 Å². The molecule has 3 rings (SSSR count). The normalized spacial score (nSPS) is 10.2. The van der Waals surface area contributed by atoms with Gasteiger partial charge in [-0.2, -0.15) is 10.5 Å². The third-order valence-corrected chi connectivity index (χ3v) is 4.30. The Bertz CT molecular complexity index is 942. The van der Waals surface area contributed by atoms with Crippen molar-refractivity contribution in [3.63, 3.8) is 0 Å². The summed E-state index contributed by atoms with van der Waals surface area (Å²) in [5.74, 6) is 0.414. The van der Waals surface area contributed by atoms with Crippen molar-refractivity contribution in [1.82, 2.24) is 10.2 Å². The van der Waals surface area contributed by atoms with E-state index in [0.717, 1.165) is 28.5 Å². The van der Waals surface area contributed by atoms with Gasteiger partial charge in [0.2, 0.25) is 5.89 Å². The number of hydrogen-bond acceptors (Lipinski definition) is 6. The summed E-state index contributed by atoms with van der Waals surface area (Å²) in [4.78, 5) is 0.526. The number of aryl methyl sites for hydroxylation is 2. The Morgan fingerprint density at radius 2 is 1.58 bits per heavy atom. The molecule has 0 bridgehead atoms. The Kier molecular flexibility index (Phi) is 4.33. The maximum atomic E-state index is 9.22. The Morgan fingerprint density at radius 3 is 2.17 bits per heavy atom. The lowest BCUT2D eigenvalue weighted by Gasteiger charge is -2.02. The molecule has 0 unspecified atom stereocenters. The molecule has 0 aliphatic heterocycles. The Morgan fingerprint density at radius 1 is 0.958 bits per heavy atom. The first kappa shape index (κ1) is 15.8. The molecular weight excluding hydrogens is 320 g/mol. The molecule has 1 aromatic heterocycles. The number of rotatable bonds is 3. The van der Waals surface area contributed by atoms with E-state index in [4.69, 9.17) is 4.42 Å². The summed E-state index contributed by atoms with van der Waals surface area (Å²) < 4.78 is 5.70. The van der Waals surface area contributed by atoms with Crippen LogP contribution in [0, 0.1) is 36.5 Å². The number of nitrogens with zero attached hydrogens (tertiary/aromatic N) is 4. The largest absolute Gasteiger partial charge is 0.411 e. The van der Waals surface area contributed by atoms with Gasteiger partial charge in [0, 0.05) is 5.56 Å². The van der Waals surface area contributed by atoms with Crippen LogP contribution in [0.1, 0.15) is 22.3 Å². The summed E-state index contributed by atoms with van der Waals surface area (Å²) in [6.45, 7) is 4.01. The first-order chi connectivity index (χ1) is 11.6. The molecule has 24 heavy (non-hydrogen) atoms. The van der Waals surface area contributed by atoms with Crippen molar-refractivity contribution in [2.24, 2.45) is 0 Å². The smallest absolute Gasteiger partial charge is 0.281 e. The minimum Gasteiger partial charge on any atom is -0.411 e. The predicted molar refractivity (Wildman–Crippen MR) is 89.2 cm³/mol. The second-order valence-corrected chi connectivity index (χ2v) is 6.22. The van der Waals surface area contributed by atoms with Crippen LogP contribution < -0.4 is 0 Å². The molecule has 6 heteroatoms. The van der Waals surface area contributed by atoms with E-state index in [1.165, 1.54) is 0 Å². The van der Waals surface area contributed by atoms with Gasteiger partial charge in [0.05, 0.1) is 16.0 Å². The molecule has 0 saturated carbocycles. The number of hydrogen-bond donors (Lipinski definition) is 0. The van der Waals surface area contributed by atoms with Crippen LogP contribution in [0.15, 0.2) is 50.9 Å². The molecule has 3 aromatic rings. The van der Waals surface area contributed by atoms with Crippen LogP contribution in [0.2, 0.25) is 0 Å². The molecule has 0 aliphatic rings. The van der Waals surface area contributed by atoms with E-state index >= 15 is 0 Å². The Hall–Kier alpha value is -3.09. The van der Waals surface area contributed by atoms with E-state index in [1.807, 2.05) is 26.0 Å². The molecule has 0 saturated heterocycles. The SMILES string of the molecule is Cc1cc(C)cc(-c2nnc(Sc3c(C#N)cccc3C#N)o2)c1. The van der Waals surface area contributed by atoms with E-state index < -0.39 is 0 Å². The zero-order valence-corrected chi connectivity index (χ0v) is 13.9. The van der Waals surface area contributed by atoms with Crippen molar-refractivity contribution in [2.45, 2.75) is 24.0 Å². The quantitative estimate of drug-likeness (QED) is 0.712. The molecule has 5 nitrogen and oxygen atoms in total. The van der Waals surface area contributed by atoms with Crippen LogP contribution in [0.25, 0.3) is 11.5 Å². The van der Waals surface area contributed by atoms with Crippen molar-refractivity contribution in [3.05, 3.63) is 58.7 Å². The second kappa shape index (κ2) is 6.57. The van der Waals surface area contributed by atoms with Gasteiger partial charge in [-0.25, -0.2) is 0 Å². The molecule has 2 aromatic carbocycles. The zero-order valence-electron chi connectivity index (χ0n) is 13.1. The van der Waals surface area contributed by atoms with Gasteiger partial charge in [0.15, 0.2) is 0 Å². The van der Waals surface area contributed by atoms with Crippen LogP contribution in [-0.4, -0.2) is 10.2 Å². The first-order valence-corrected chi connectivity index (χ1v) is 7.95. The summed E-state index contributed by atoms with van der Waals surface area (Å²) in [5, 5.41) is 26.8. The van der Waals surface area contributed by atoms with E-state index in [2.05, 4.69) is 28.4 Å². The van der Waals surface area contributed by atoms with Gasteiger partial charge in [0.1, 0.15) is 12.1 Å². The molecule has 0 spiro atoms. The van der Waals surface area contributed by atoms with Crippen molar-refractivity contribution >= 4 is 11.8 Å². The first-order valence-electron chi connectivity index (χ1n) is 7.14. The molecular formula is C18H12N4OS. The van der Waals surface area contributed by atoms with Crippen molar-refractivity contribution in [1.29, 1.82) is 10.5 Å². The fourth-order valence-corrected chi connectivity index (χ4v) is 3.20. The molecule has 0 aliphatic carbocycles. The number of benzene rings is 2. The minimum absolute atomic E-state index is 0.295. The average Bonchev–Trinajstić information content (AvgIpc) is 3.03.